The SMILES string of the molecule is COCc1nnc(C2CC3CCC(C2)N3CS)o1. The van der Waals surface area contributed by atoms with Gasteiger partial charge >= 0.3 is 0 Å². The summed E-state index contributed by atoms with van der Waals surface area (Å²) in [7, 11) is 1.63. The lowest BCUT2D eigenvalue weighted by atomic mass is 9.91. The van der Waals surface area contributed by atoms with E-state index in [1.165, 1.54) is 12.8 Å². The van der Waals surface area contributed by atoms with E-state index < -0.39 is 0 Å². The zero-order chi connectivity index (χ0) is 12.5. The first-order valence-corrected chi connectivity index (χ1v) is 7.13. The Morgan fingerprint density at radius 2 is 2.06 bits per heavy atom. The smallest absolute Gasteiger partial charge is 0.242 e. The normalized spacial score (nSPS) is 32.0. The standard InChI is InChI=1S/C12H19N3O2S/c1-16-6-11-13-14-12(17-11)8-4-9-2-3-10(5-8)15(9)7-18/h8-10,18H,2-7H2,1H3. The lowest BCUT2D eigenvalue weighted by Crippen LogP contribution is -2.41. The third kappa shape index (κ3) is 2.17. The van der Waals surface area contributed by atoms with Crippen LogP contribution in [0.5, 0.6) is 0 Å². The molecule has 2 unspecified atom stereocenters. The number of nitrogens with zero attached hydrogens (tertiary/aromatic N) is 3. The minimum atomic E-state index is 0.398. The molecule has 3 heterocycles. The highest BCUT2D eigenvalue weighted by molar-refractivity contribution is 7.80. The second kappa shape index (κ2) is 5.19. The lowest BCUT2D eigenvalue weighted by molar-refractivity contribution is 0.135. The molecule has 1 aromatic heterocycles. The maximum absolute atomic E-state index is 5.67. The minimum absolute atomic E-state index is 0.398. The summed E-state index contributed by atoms with van der Waals surface area (Å²) in [4.78, 5) is 2.51. The molecule has 0 saturated carbocycles. The topological polar surface area (TPSA) is 51.4 Å². The Morgan fingerprint density at radius 3 is 2.67 bits per heavy atom. The Kier molecular flexibility index (Phi) is 3.59. The van der Waals surface area contributed by atoms with Gasteiger partial charge in [0.25, 0.3) is 0 Å². The molecule has 2 fully saturated rings. The van der Waals surface area contributed by atoms with E-state index in [1.54, 1.807) is 7.11 Å². The van der Waals surface area contributed by atoms with Gasteiger partial charge in [0.1, 0.15) is 6.61 Å². The molecular weight excluding hydrogens is 250 g/mol. The second-order valence-corrected chi connectivity index (χ2v) is 5.46. The van der Waals surface area contributed by atoms with E-state index in [2.05, 4.69) is 27.7 Å². The number of rotatable bonds is 4. The van der Waals surface area contributed by atoms with Gasteiger partial charge in [0.05, 0.1) is 0 Å². The van der Waals surface area contributed by atoms with E-state index in [4.69, 9.17) is 9.15 Å². The van der Waals surface area contributed by atoms with Gasteiger partial charge in [0.15, 0.2) is 0 Å². The van der Waals surface area contributed by atoms with Crippen LogP contribution in [0.1, 0.15) is 43.4 Å². The predicted molar refractivity (Wildman–Crippen MR) is 69.5 cm³/mol. The summed E-state index contributed by atoms with van der Waals surface area (Å²) in [6.45, 7) is 0.398. The highest BCUT2D eigenvalue weighted by Gasteiger charge is 2.41. The molecule has 3 rings (SSSR count). The van der Waals surface area contributed by atoms with Gasteiger partial charge in [0, 0.05) is 31.0 Å². The van der Waals surface area contributed by atoms with Crippen molar-refractivity contribution in [2.24, 2.45) is 0 Å². The van der Waals surface area contributed by atoms with E-state index >= 15 is 0 Å². The van der Waals surface area contributed by atoms with E-state index in [0.717, 1.165) is 24.6 Å². The first-order valence-electron chi connectivity index (χ1n) is 6.49. The van der Waals surface area contributed by atoms with Gasteiger partial charge in [-0.3, -0.25) is 4.90 Å². The average Bonchev–Trinajstić information content (AvgIpc) is 2.93. The van der Waals surface area contributed by atoms with Crippen molar-refractivity contribution < 1.29 is 9.15 Å². The van der Waals surface area contributed by atoms with Gasteiger partial charge in [0.2, 0.25) is 11.8 Å². The third-order valence-electron chi connectivity index (χ3n) is 4.15. The molecule has 100 valence electrons. The molecule has 0 amide bonds. The molecule has 5 nitrogen and oxygen atoms in total. The van der Waals surface area contributed by atoms with E-state index in [0.29, 0.717) is 30.5 Å². The summed E-state index contributed by atoms with van der Waals surface area (Å²) < 4.78 is 10.7. The molecule has 2 aliphatic heterocycles. The van der Waals surface area contributed by atoms with Crippen LogP contribution >= 0.6 is 12.6 Å². The molecule has 0 spiro atoms. The fourth-order valence-corrected chi connectivity index (χ4v) is 3.78. The Hall–Kier alpha value is -0.590. The molecule has 6 heteroatoms. The van der Waals surface area contributed by atoms with Crippen molar-refractivity contribution in [2.45, 2.75) is 50.3 Å². The molecule has 18 heavy (non-hydrogen) atoms. The molecule has 0 N–H and O–H groups in total. The van der Waals surface area contributed by atoms with Gasteiger partial charge < -0.3 is 9.15 Å². The Bertz CT molecular complexity index is 398. The van der Waals surface area contributed by atoms with Crippen LogP contribution in [0.4, 0.5) is 0 Å². The molecule has 2 bridgehead atoms. The quantitative estimate of drug-likeness (QED) is 0.845. The Labute approximate surface area is 112 Å². The van der Waals surface area contributed by atoms with Crippen molar-refractivity contribution >= 4 is 12.6 Å². The number of aromatic nitrogens is 2. The number of methoxy groups -OCH3 is 1. The Balaban J connectivity index is 1.71. The molecule has 2 atom stereocenters. The van der Waals surface area contributed by atoms with Crippen molar-refractivity contribution in [3.8, 4) is 0 Å². The number of fused-ring (bicyclic) bond motifs is 2. The van der Waals surface area contributed by atoms with Gasteiger partial charge in [-0.25, -0.2) is 0 Å². The second-order valence-electron chi connectivity index (χ2n) is 5.18. The zero-order valence-electron chi connectivity index (χ0n) is 10.6. The van der Waals surface area contributed by atoms with Gasteiger partial charge in [-0.05, 0) is 25.7 Å². The van der Waals surface area contributed by atoms with Crippen molar-refractivity contribution in [1.82, 2.24) is 15.1 Å². The number of ether oxygens (including phenoxy) is 1. The van der Waals surface area contributed by atoms with Crippen molar-refractivity contribution in [2.75, 3.05) is 13.0 Å². The summed E-state index contributed by atoms with van der Waals surface area (Å²) in [6.07, 6.45) is 4.79. The van der Waals surface area contributed by atoms with Crippen LogP contribution in [0.3, 0.4) is 0 Å². The fourth-order valence-electron chi connectivity index (χ4n) is 3.32. The first-order chi connectivity index (χ1) is 8.81. The van der Waals surface area contributed by atoms with Crippen LogP contribution in [-0.2, 0) is 11.3 Å². The van der Waals surface area contributed by atoms with Crippen LogP contribution in [0.15, 0.2) is 4.42 Å². The van der Waals surface area contributed by atoms with Gasteiger partial charge in [-0.1, -0.05) is 0 Å². The zero-order valence-corrected chi connectivity index (χ0v) is 11.5. The summed E-state index contributed by atoms with van der Waals surface area (Å²) in [6, 6.07) is 1.29. The monoisotopic (exact) mass is 269 g/mol. The largest absolute Gasteiger partial charge is 0.422 e. The molecule has 2 aliphatic rings. The van der Waals surface area contributed by atoms with Crippen LogP contribution in [-0.4, -0.2) is 40.2 Å². The summed E-state index contributed by atoms with van der Waals surface area (Å²) >= 11 is 4.43. The summed E-state index contributed by atoms with van der Waals surface area (Å²) in [5.41, 5.74) is 0. The maximum Gasteiger partial charge on any atom is 0.242 e. The van der Waals surface area contributed by atoms with Crippen LogP contribution in [0, 0.1) is 0 Å². The maximum atomic E-state index is 5.67. The average molecular weight is 269 g/mol. The van der Waals surface area contributed by atoms with Crippen LogP contribution in [0.25, 0.3) is 0 Å². The van der Waals surface area contributed by atoms with Crippen molar-refractivity contribution in [1.29, 1.82) is 0 Å². The fraction of sp³-hybridized carbons (Fsp3) is 0.833. The number of piperidine rings is 1. The van der Waals surface area contributed by atoms with Crippen LogP contribution < -0.4 is 0 Å². The Morgan fingerprint density at radius 1 is 1.33 bits per heavy atom. The van der Waals surface area contributed by atoms with E-state index in [9.17, 15) is 0 Å². The number of thiol groups is 1. The van der Waals surface area contributed by atoms with E-state index in [1.807, 2.05) is 0 Å². The van der Waals surface area contributed by atoms with Crippen LogP contribution in [0.2, 0.25) is 0 Å². The molecule has 0 aliphatic carbocycles. The molecular formula is C12H19N3O2S. The number of hydrogen-bond donors (Lipinski definition) is 1. The third-order valence-corrected chi connectivity index (χ3v) is 4.47. The predicted octanol–water partition coefficient (Wildman–Crippen LogP) is 1.81. The molecule has 2 saturated heterocycles. The molecule has 0 radical (unpaired) electrons. The van der Waals surface area contributed by atoms with Gasteiger partial charge in [-0.2, -0.15) is 12.6 Å². The first kappa shape index (κ1) is 12.4. The summed E-state index contributed by atoms with van der Waals surface area (Å²) in [5, 5.41) is 8.19. The van der Waals surface area contributed by atoms with Crippen molar-refractivity contribution in [3.63, 3.8) is 0 Å². The molecule has 1 aromatic rings. The molecule has 0 aromatic carbocycles. The van der Waals surface area contributed by atoms with Crippen molar-refractivity contribution in [3.05, 3.63) is 11.8 Å². The van der Waals surface area contributed by atoms with E-state index in [-0.39, 0.29) is 0 Å². The summed E-state index contributed by atoms with van der Waals surface area (Å²) in [5.74, 6) is 2.65. The highest BCUT2D eigenvalue weighted by Crippen LogP contribution is 2.42. The minimum Gasteiger partial charge on any atom is -0.422 e. The highest BCUT2D eigenvalue weighted by atomic mass is 32.1. The van der Waals surface area contributed by atoms with Gasteiger partial charge in [-0.15, -0.1) is 10.2 Å². The lowest BCUT2D eigenvalue weighted by Gasteiger charge is -2.36. The number of hydrogen-bond acceptors (Lipinski definition) is 6.